The second-order valence-electron chi connectivity index (χ2n) is 7.67. The lowest BCUT2D eigenvalue weighted by atomic mass is 10.2. The van der Waals surface area contributed by atoms with Crippen molar-refractivity contribution in [1.82, 2.24) is 9.88 Å². The zero-order chi connectivity index (χ0) is 19.7. The average molecular weight is 374 g/mol. The van der Waals surface area contributed by atoms with Crippen molar-refractivity contribution in [2.75, 3.05) is 19.8 Å². The smallest absolute Gasteiger partial charge is 0.410 e. The molecule has 1 aliphatic rings. The number of unbranched alkanes of at least 4 members (excludes halogenated alkanes) is 2. The minimum Gasteiger partial charge on any atom is -0.490 e. The van der Waals surface area contributed by atoms with Crippen LogP contribution in [0.25, 0.3) is 0 Å². The monoisotopic (exact) mass is 374 g/mol. The Hall–Kier alpha value is -2.26. The number of nitrogens with zero attached hydrogens (tertiary/aromatic N) is 2. The molecule has 2 heterocycles. The van der Waals surface area contributed by atoms with E-state index < -0.39 is 5.60 Å². The van der Waals surface area contributed by atoms with Gasteiger partial charge in [-0.05, 0) is 52.5 Å². The Bertz CT molecular complexity index is 673. The second kappa shape index (κ2) is 10.2. The van der Waals surface area contributed by atoms with E-state index in [0.717, 1.165) is 37.7 Å². The molecule has 1 fully saturated rings. The van der Waals surface area contributed by atoms with Crippen molar-refractivity contribution in [2.24, 2.45) is 0 Å². The predicted molar refractivity (Wildman–Crippen MR) is 104 cm³/mol. The molecule has 0 unspecified atom stereocenters. The number of pyridine rings is 1. The van der Waals surface area contributed by atoms with Crippen LogP contribution in [0.1, 0.15) is 58.4 Å². The van der Waals surface area contributed by atoms with E-state index in [-0.39, 0.29) is 18.7 Å². The van der Waals surface area contributed by atoms with E-state index in [1.807, 2.05) is 26.8 Å². The van der Waals surface area contributed by atoms with Gasteiger partial charge in [0.2, 0.25) is 0 Å². The third-order valence-electron chi connectivity index (χ3n) is 4.10. The number of aliphatic hydroxyl groups excluding tert-OH is 1. The van der Waals surface area contributed by atoms with Crippen LogP contribution in [0.5, 0.6) is 5.75 Å². The molecule has 1 aromatic heterocycles. The summed E-state index contributed by atoms with van der Waals surface area (Å²) in [4.78, 5) is 18.3. The Kier molecular flexibility index (Phi) is 7.93. The first-order valence-corrected chi connectivity index (χ1v) is 9.56. The first-order valence-electron chi connectivity index (χ1n) is 9.56. The number of ether oxygens (including phenoxy) is 2. The van der Waals surface area contributed by atoms with E-state index in [2.05, 4.69) is 16.8 Å². The highest BCUT2D eigenvalue weighted by molar-refractivity contribution is 5.69. The Morgan fingerprint density at radius 2 is 2.19 bits per heavy atom. The van der Waals surface area contributed by atoms with Crippen LogP contribution in [-0.2, 0) is 4.74 Å². The maximum absolute atomic E-state index is 12.3. The molecule has 6 nitrogen and oxygen atoms in total. The third-order valence-corrected chi connectivity index (χ3v) is 4.10. The van der Waals surface area contributed by atoms with Crippen LogP contribution < -0.4 is 4.74 Å². The number of aliphatic hydroxyl groups is 1. The van der Waals surface area contributed by atoms with Crippen molar-refractivity contribution >= 4 is 6.09 Å². The standard InChI is InChI=1S/C21H30N2O4/c1-21(2,3)27-20(25)23-11-8-10-18(23)16-26-19-13-17(14-22-15-19)9-6-4-5-7-12-24/h13-15,18,24H,4-5,7-8,10-12,16H2,1-3H3/t18-/m0/s1. The van der Waals surface area contributed by atoms with Gasteiger partial charge in [0.15, 0.2) is 0 Å². The molecule has 148 valence electrons. The van der Waals surface area contributed by atoms with Gasteiger partial charge in [0.1, 0.15) is 18.0 Å². The molecule has 1 saturated heterocycles. The van der Waals surface area contributed by atoms with Crippen LogP contribution in [0.2, 0.25) is 0 Å². The van der Waals surface area contributed by atoms with Gasteiger partial charge >= 0.3 is 6.09 Å². The van der Waals surface area contributed by atoms with E-state index in [4.69, 9.17) is 14.6 Å². The Balaban J connectivity index is 1.88. The molecule has 27 heavy (non-hydrogen) atoms. The molecular formula is C21H30N2O4. The normalized spacial score (nSPS) is 16.6. The van der Waals surface area contributed by atoms with Gasteiger partial charge in [0.25, 0.3) is 0 Å². The Labute approximate surface area is 161 Å². The van der Waals surface area contributed by atoms with Crippen molar-refractivity contribution in [3.63, 3.8) is 0 Å². The molecule has 0 spiro atoms. The van der Waals surface area contributed by atoms with Gasteiger partial charge in [-0.2, -0.15) is 0 Å². The Morgan fingerprint density at radius 1 is 1.37 bits per heavy atom. The van der Waals surface area contributed by atoms with Crippen molar-refractivity contribution in [2.45, 2.75) is 64.5 Å². The topological polar surface area (TPSA) is 71.9 Å². The predicted octanol–water partition coefficient (Wildman–Crippen LogP) is 3.37. The maximum atomic E-state index is 12.3. The molecular weight excluding hydrogens is 344 g/mol. The summed E-state index contributed by atoms with van der Waals surface area (Å²) in [5.74, 6) is 6.79. The number of carbonyl (C=O) groups excluding carboxylic acids is 1. The Morgan fingerprint density at radius 3 is 2.93 bits per heavy atom. The summed E-state index contributed by atoms with van der Waals surface area (Å²) in [6.45, 7) is 6.92. The van der Waals surface area contributed by atoms with Crippen LogP contribution in [-0.4, -0.2) is 52.5 Å². The first-order chi connectivity index (χ1) is 12.9. The minimum atomic E-state index is -0.501. The fourth-order valence-corrected chi connectivity index (χ4v) is 2.82. The molecule has 0 saturated carbocycles. The summed E-state index contributed by atoms with van der Waals surface area (Å²) in [7, 11) is 0. The highest BCUT2D eigenvalue weighted by atomic mass is 16.6. The van der Waals surface area contributed by atoms with Crippen LogP contribution in [0.15, 0.2) is 18.5 Å². The maximum Gasteiger partial charge on any atom is 0.410 e. The van der Waals surface area contributed by atoms with Gasteiger partial charge in [-0.3, -0.25) is 4.98 Å². The molecule has 1 N–H and O–H groups in total. The van der Waals surface area contributed by atoms with E-state index in [1.165, 1.54) is 0 Å². The number of hydrogen-bond acceptors (Lipinski definition) is 5. The molecule has 0 bridgehead atoms. The van der Waals surface area contributed by atoms with Gasteiger partial charge in [0.05, 0.1) is 12.2 Å². The molecule has 1 aromatic rings. The number of hydrogen-bond donors (Lipinski definition) is 1. The van der Waals surface area contributed by atoms with Gasteiger partial charge in [-0.25, -0.2) is 4.79 Å². The number of aromatic nitrogens is 1. The molecule has 0 aromatic carbocycles. The van der Waals surface area contributed by atoms with Gasteiger partial charge in [-0.15, -0.1) is 0 Å². The SMILES string of the molecule is CC(C)(C)OC(=O)N1CCC[C@H]1COc1cncc(C#CCCCCO)c1. The number of likely N-dealkylation sites (tertiary alicyclic amines) is 1. The zero-order valence-corrected chi connectivity index (χ0v) is 16.5. The van der Waals surface area contributed by atoms with Crippen molar-refractivity contribution in [3.05, 3.63) is 24.0 Å². The molecule has 1 aliphatic heterocycles. The van der Waals surface area contributed by atoms with E-state index >= 15 is 0 Å². The molecule has 1 amide bonds. The minimum absolute atomic E-state index is 0.00747. The van der Waals surface area contributed by atoms with Crippen molar-refractivity contribution < 1.29 is 19.4 Å². The molecule has 2 rings (SSSR count). The molecule has 1 atom stereocenters. The highest BCUT2D eigenvalue weighted by Crippen LogP contribution is 2.22. The third kappa shape index (κ3) is 7.48. The second-order valence-corrected chi connectivity index (χ2v) is 7.67. The van der Waals surface area contributed by atoms with Crippen LogP contribution in [0, 0.1) is 11.8 Å². The lowest BCUT2D eigenvalue weighted by molar-refractivity contribution is 0.0187. The fourth-order valence-electron chi connectivity index (χ4n) is 2.82. The summed E-state index contributed by atoms with van der Waals surface area (Å²) in [5, 5.41) is 8.77. The van der Waals surface area contributed by atoms with Gasteiger partial charge in [-0.1, -0.05) is 11.8 Å². The van der Waals surface area contributed by atoms with Gasteiger partial charge < -0.3 is 19.5 Å². The van der Waals surface area contributed by atoms with Crippen molar-refractivity contribution in [1.29, 1.82) is 0 Å². The van der Waals surface area contributed by atoms with Crippen LogP contribution in [0.4, 0.5) is 4.79 Å². The molecule has 0 aliphatic carbocycles. The molecule has 0 radical (unpaired) electrons. The lowest BCUT2D eigenvalue weighted by Gasteiger charge is -2.28. The number of carbonyl (C=O) groups is 1. The molecule has 6 heteroatoms. The van der Waals surface area contributed by atoms with E-state index in [0.29, 0.717) is 18.9 Å². The van der Waals surface area contributed by atoms with Gasteiger partial charge in [0, 0.05) is 31.3 Å². The van der Waals surface area contributed by atoms with E-state index in [9.17, 15) is 4.79 Å². The average Bonchev–Trinajstić information content (AvgIpc) is 3.07. The van der Waals surface area contributed by atoms with Crippen LogP contribution >= 0.6 is 0 Å². The van der Waals surface area contributed by atoms with Crippen molar-refractivity contribution in [3.8, 4) is 17.6 Å². The first kappa shape index (κ1) is 21.0. The summed E-state index contributed by atoms with van der Waals surface area (Å²) in [5.41, 5.74) is 0.297. The van der Waals surface area contributed by atoms with Crippen LogP contribution in [0.3, 0.4) is 0 Å². The zero-order valence-electron chi connectivity index (χ0n) is 16.5. The quantitative estimate of drug-likeness (QED) is 0.610. The highest BCUT2D eigenvalue weighted by Gasteiger charge is 2.32. The summed E-state index contributed by atoms with van der Waals surface area (Å²) < 4.78 is 11.4. The summed E-state index contributed by atoms with van der Waals surface area (Å²) >= 11 is 0. The van der Waals surface area contributed by atoms with E-state index in [1.54, 1.807) is 17.3 Å². The summed E-state index contributed by atoms with van der Waals surface area (Å²) in [6, 6.07) is 1.87. The lowest BCUT2D eigenvalue weighted by Crippen LogP contribution is -2.42. The number of amides is 1. The fraction of sp³-hybridized carbons (Fsp3) is 0.619. The largest absolute Gasteiger partial charge is 0.490 e. The summed E-state index contributed by atoms with van der Waals surface area (Å²) in [6.07, 6.45) is 7.33. The number of rotatable bonds is 6.